The van der Waals surface area contributed by atoms with Gasteiger partial charge in [-0.25, -0.2) is 4.57 Å². The van der Waals surface area contributed by atoms with Crippen molar-refractivity contribution in [3.8, 4) is 0 Å². The average Bonchev–Trinajstić information content (AvgIpc) is 0.722. The van der Waals surface area contributed by atoms with Crippen molar-refractivity contribution in [3.05, 3.63) is 0 Å². The molecule has 0 saturated heterocycles. The van der Waals surface area contributed by atoms with Gasteiger partial charge >= 0.3 is 45.5 Å². The van der Waals surface area contributed by atoms with Crippen molar-refractivity contribution in [2.24, 2.45) is 0 Å². The van der Waals surface area contributed by atoms with Crippen LogP contribution in [0.2, 0.25) is 0 Å². The molecule has 5 nitrogen and oxygen atoms in total. The smallest absolute Gasteiger partial charge is 0 e. The molecular weight excluding hydrogens is 236 g/mol. The Kier molecular flexibility index (Phi) is 68.9. The molecule has 5 N–H and O–H groups in total. The van der Waals surface area contributed by atoms with Gasteiger partial charge in [0.2, 0.25) is 0 Å². The monoisotopic (exact) mass is 243 g/mol. The summed E-state index contributed by atoms with van der Waals surface area (Å²) in [6.45, 7) is 0. The van der Waals surface area contributed by atoms with Crippen LogP contribution in [0.25, 0.3) is 0 Å². The van der Waals surface area contributed by atoms with E-state index in [9.17, 15) is 0 Å². The van der Waals surface area contributed by atoms with Crippen LogP contribution in [0.15, 0.2) is 0 Å². The third kappa shape index (κ3) is 168. The van der Waals surface area contributed by atoms with Crippen LogP contribution in [-0.2, 0) is 38.7 Å². The minimum atomic E-state index is -4.64. The van der Waals surface area contributed by atoms with E-state index in [-0.39, 0.29) is 77.3 Å². The molecule has 0 aliphatic carbocycles. The minimum Gasteiger partial charge on any atom is 0 e. The van der Waals surface area contributed by atoms with Crippen LogP contribution in [0.5, 0.6) is 0 Å². The topological polar surface area (TPSA) is 109 Å². The average molecular weight is 243 g/mol. The molecule has 1 radical (unpaired) electrons. The van der Waals surface area contributed by atoms with Gasteiger partial charge in [0.15, 0.2) is 0 Å². The summed E-state index contributed by atoms with van der Waals surface area (Å²) in [5.41, 5.74) is 0. The molecule has 0 aromatic carbocycles. The predicted molar refractivity (Wildman–Crippen MR) is 32.2 cm³/mol. The SMILES string of the molecule is O.O=P(O)(O)O.[Fe].[LiH].[LiH].[Mn]. The molecule has 0 atom stereocenters. The van der Waals surface area contributed by atoms with Crippen LogP contribution >= 0.6 is 7.82 Å². The van der Waals surface area contributed by atoms with Gasteiger partial charge < -0.3 is 20.2 Å². The van der Waals surface area contributed by atoms with E-state index in [1.54, 1.807) is 0 Å². The van der Waals surface area contributed by atoms with Gasteiger partial charge in [0, 0.05) is 34.1 Å². The van der Waals surface area contributed by atoms with Crippen LogP contribution in [0, 0.1) is 0 Å². The quantitative estimate of drug-likeness (QED) is 0.310. The molecule has 0 amide bonds. The van der Waals surface area contributed by atoms with Gasteiger partial charge in [-0.15, -0.1) is 0 Å². The second kappa shape index (κ2) is 17.4. The Balaban J connectivity index is -0.00000000800. The summed E-state index contributed by atoms with van der Waals surface area (Å²) in [6, 6.07) is 0. The maximum Gasteiger partial charge on any atom is 0 e. The Morgan fingerprint density at radius 1 is 1.00 bits per heavy atom. The Bertz CT molecular complexity index is 65.8. The normalized spacial score (nSPS) is 5.90. The van der Waals surface area contributed by atoms with Gasteiger partial charge in [0.05, 0.1) is 0 Å². The fraction of sp³-hybridized carbons (Fsp3) is 0. The van der Waals surface area contributed by atoms with Crippen LogP contribution in [0.1, 0.15) is 0 Å². The Hall–Kier alpha value is 2.30. The molecule has 10 heteroatoms. The van der Waals surface area contributed by atoms with Gasteiger partial charge in [-0.2, -0.15) is 0 Å². The van der Waals surface area contributed by atoms with Crippen LogP contribution in [-0.4, -0.2) is 57.9 Å². The summed E-state index contributed by atoms with van der Waals surface area (Å²) < 4.78 is 8.88. The molecule has 0 spiro atoms. The standard InChI is InChI=1S/Fe.2Li.Mn.H3O4P.H2O.2H/c;;;;1-5(2,3)4;;;/h;;;;(H3,1,2,3,4);1H2;;. The maximum absolute atomic E-state index is 8.88. The van der Waals surface area contributed by atoms with Crippen LogP contribution in [0.4, 0.5) is 0 Å². The first-order valence-electron chi connectivity index (χ1n) is 0.783. The Labute approximate surface area is 104 Å². The second-order valence-corrected chi connectivity index (χ2v) is 1.54. The summed E-state index contributed by atoms with van der Waals surface area (Å²) in [5, 5.41) is 0. The van der Waals surface area contributed by atoms with Crippen molar-refractivity contribution in [1.29, 1.82) is 0 Å². The molecule has 59 valence electrons. The number of rotatable bonds is 0. The first-order valence-corrected chi connectivity index (χ1v) is 2.35. The zero-order valence-electron chi connectivity index (χ0n) is 3.43. The Morgan fingerprint density at radius 3 is 1.00 bits per heavy atom. The van der Waals surface area contributed by atoms with E-state index < -0.39 is 7.82 Å². The van der Waals surface area contributed by atoms with Gasteiger partial charge in [-0.1, -0.05) is 0 Å². The molecule has 0 aromatic rings. The summed E-state index contributed by atoms with van der Waals surface area (Å²) >= 11 is 0. The summed E-state index contributed by atoms with van der Waals surface area (Å²) in [5.74, 6) is 0. The fourth-order valence-electron chi connectivity index (χ4n) is 0. The molecule has 0 aliphatic heterocycles. The van der Waals surface area contributed by atoms with E-state index in [1.165, 1.54) is 0 Å². The van der Waals surface area contributed by atoms with Crippen LogP contribution < -0.4 is 0 Å². The van der Waals surface area contributed by atoms with Gasteiger partial charge in [-0.05, 0) is 0 Å². The molecule has 0 unspecified atom stereocenters. The molecular formula is H7FeLi2MnO5P. The third-order valence-corrected chi connectivity index (χ3v) is 0. The molecule has 0 bridgehead atoms. The van der Waals surface area contributed by atoms with Crippen molar-refractivity contribution in [2.45, 2.75) is 0 Å². The number of hydrogen-bond donors (Lipinski definition) is 3. The van der Waals surface area contributed by atoms with Crippen molar-refractivity contribution < 1.29 is 58.9 Å². The zero-order valence-corrected chi connectivity index (χ0v) is 6.61. The van der Waals surface area contributed by atoms with E-state index in [1.807, 2.05) is 0 Å². The van der Waals surface area contributed by atoms with Crippen molar-refractivity contribution in [1.82, 2.24) is 0 Å². The van der Waals surface area contributed by atoms with Crippen molar-refractivity contribution in [3.63, 3.8) is 0 Å². The van der Waals surface area contributed by atoms with E-state index >= 15 is 0 Å². The molecule has 0 aromatic heterocycles. The molecule has 0 rings (SSSR count). The van der Waals surface area contributed by atoms with Crippen LogP contribution in [0.3, 0.4) is 0 Å². The van der Waals surface area contributed by atoms with Crippen molar-refractivity contribution in [2.75, 3.05) is 0 Å². The van der Waals surface area contributed by atoms with Crippen molar-refractivity contribution >= 4 is 45.5 Å². The molecule has 10 heavy (non-hydrogen) atoms. The summed E-state index contributed by atoms with van der Waals surface area (Å²) in [6.07, 6.45) is 0. The molecule has 0 saturated carbocycles. The second-order valence-electron chi connectivity index (χ2n) is 0.513. The maximum atomic E-state index is 8.88. The summed E-state index contributed by atoms with van der Waals surface area (Å²) in [7, 11) is -4.64. The predicted octanol–water partition coefficient (Wildman–Crippen LogP) is -3.06. The molecule has 0 fully saturated rings. The number of phosphoric acid groups is 1. The first kappa shape index (κ1) is 39.6. The Morgan fingerprint density at radius 2 is 1.00 bits per heavy atom. The van der Waals surface area contributed by atoms with E-state index in [0.29, 0.717) is 0 Å². The summed E-state index contributed by atoms with van der Waals surface area (Å²) in [4.78, 5) is 21.6. The molecule has 0 aliphatic rings. The van der Waals surface area contributed by atoms with E-state index in [2.05, 4.69) is 0 Å². The number of hydrogen-bond acceptors (Lipinski definition) is 1. The first-order chi connectivity index (χ1) is 2.00. The van der Waals surface area contributed by atoms with Gasteiger partial charge in [0.25, 0.3) is 0 Å². The largest absolute Gasteiger partial charge is 0 e. The third-order valence-electron chi connectivity index (χ3n) is 0. The van der Waals surface area contributed by atoms with E-state index in [0.717, 1.165) is 0 Å². The van der Waals surface area contributed by atoms with Gasteiger partial charge in [-0.3, -0.25) is 0 Å². The minimum absolute atomic E-state index is 0. The van der Waals surface area contributed by atoms with Gasteiger partial charge in [0.1, 0.15) is 0 Å². The fourth-order valence-corrected chi connectivity index (χ4v) is 0. The van der Waals surface area contributed by atoms with E-state index in [4.69, 9.17) is 19.2 Å². The molecule has 0 heterocycles. The zero-order chi connectivity index (χ0) is 4.50.